The molecule has 5 nitrogen and oxygen atoms in total. The lowest BCUT2D eigenvalue weighted by molar-refractivity contribution is 0.0600. The molecule has 0 unspecified atom stereocenters. The standard InChI is InChI=1S/C14H12Br2N2O3/c1-8-12(16)13(19)18(7-17-8)6-10-4-3-9(5-11(10)15)14(20)21-2/h3-5,7H,6H2,1-2H3. The lowest BCUT2D eigenvalue weighted by Gasteiger charge is -2.10. The molecule has 1 aromatic carbocycles. The molecule has 1 heterocycles. The zero-order valence-electron chi connectivity index (χ0n) is 11.4. The second kappa shape index (κ2) is 6.53. The minimum atomic E-state index is -0.404. The lowest BCUT2D eigenvalue weighted by atomic mass is 10.1. The average Bonchev–Trinajstić information content (AvgIpc) is 2.48. The number of hydrogen-bond acceptors (Lipinski definition) is 4. The average molecular weight is 416 g/mol. The highest BCUT2D eigenvalue weighted by atomic mass is 79.9. The summed E-state index contributed by atoms with van der Waals surface area (Å²) in [4.78, 5) is 27.7. The summed E-state index contributed by atoms with van der Waals surface area (Å²) >= 11 is 6.64. The summed E-state index contributed by atoms with van der Waals surface area (Å²) in [5.74, 6) is -0.404. The molecule has 2 rings (SSSR count). The molecule has 0 aliphatic carbocycles. The summed E-state index contributed by atoms with van der Waals surface area (Å²) in [5.41, 5.74) is 1.81. The first-order valence-corrected chi connectivity index (χ1v) is 7.61. The molecule has 0 amide bonds. The molecule has 0 saturated carbocycles. The van der Waals surface area contributed by atoms with Crippen LogP contribution >= 0.6 is 31.9 Å². The molecule has 0 fully saturated rings. The molecule has 1 aromatic heterocycles. The fraction of sp³-hybridized carbons (Fsp3) is 0.214. The molecule has 0 bridgehead atoms. The maximum Gasteiger partial charge on any atom is 0.337 e. The summed E-state index contributed by atoms with van der Waals surface area (Å²) in [6, 6.07) is 5.10. The van der Waals surface area contributed by atoms with E-state index >= 15 is 0 Å². The van der Waals surface area contributed by atoms with E-state index in [4.69, 9.17) is 0 Å². The number of benzene rings is 1. The van der Waals surface area contributed by atoms with Gasteiger partial charge in [0.1, 0.15) is 4.47 Å². The minimum Gasteiger partial charge on any atom is -0.465 e. The molecule has 21 heavy (non-hydrogen) atoms. The van der Waals surface area contributed by atoms with Crippen molar-refractivity contribution < 1.29 is 9.53 Å². The minimum absolute atomic E-state index is 0.147. The van der Waals surface area contributed by atoms with Crippen molar-refractivity contribution >= 4 is 37.8 Å². The summed E-state index contributed by atoms with van der Waals surface area (Å²) in [5, 5.41) is 0. The number of methoxy groups -OCH3 is 1. The van der Waals surface area contributed by atoms with Gasteiger partial charge in [-0.2, -0.15) is 0 Å². The number of halogens is 2. The van der Waals surface area contributed by atoms with E-state index in [0.717, 1.165) is 10.0 Å². The highest BCUT2D eigenvalue weighted by Crippen LogP contribution is 2.20. The Morgan fingerprint density at radius 1 is 1.38 bits per heavy atom. The van der Waals surface area contributed by atoms with Gasteiger partial charge in [-0.05, 0) is 40.5 Å². The second-order valence-electron chi connectivity index (χ2n) is 4.37. The van der Waals surface area contributed by atoms with Crippen LogP contribution in [0.4, 0.5) is 0 Å². The third-order valence-electron chi connectivity index (χ3n) is 2.97. The quantitative estimate of drug-likeness (QED) is 0.723. The molecule has 110 valence electrons. The smallest absolute Gasteiger partial charge is 0.337 e. The van der Waals surface area contributed by atoms with Gasteiger partial charge < -0.3 is 4.74 Å². The van der Waals surface area contributed by atoms with Gasteiger partial charge in [-0.3, -0.25) is 9.36 Å². The van der Waals surface area contributed by atoms with Gasteiger partial charge >= 0.3 is 5.97 Å². The fourth-order valence-corrected chi connectivity index (χ4v) is 2.60. The van der Waals surface area contributed by atoms with Crippen molar-refractivity contribution in [3.05, 3.63) is 60.6 Å². The van der Waals surface area contributed by atoms with E-state index in [2.05, 4.69) is 41.6 Å². The Balaban J connectivity index is 2.35. The number of hydrogen-bond donors (Lipinski definition) is 0. The van der Waals surface area contributed by atoms with Gasteiger partial charge in [0.25, 0.3) is 5.56 Å². The first-order chi connectivity index (χ1) is 9.93. The zero-order valence-corrected chi connectivity index (χ0v) is 14.6. The molecule has 0 spiro atoms. The van der Waals surface area contributed by atoms with Crippen molar-refractivity contribution in [2.24, 2.45) is 0 Å². The fourth-order valence-electron chi connectivity index (χ4n) is 1.76. The van der Waals surface area contributed by atoms with Gasteiger partial charge in [0.05, 0.1) is 31.2 Å². The van der Waals surface area contributed by atoms with Crippen LogP contribution in [0.15, 0.2) is 38.3 Å². The van der Waals surface area contributed by atoms with Crippen molar-refractivity contribution in [3.8, 4) is 0 Å². The van der Waals surface area contributed by atoms with Gasteiger partial charge in [0.2, 0.25) is 0 Å². The van der Waals surface area contributed by atoms with Gasteiger partial charge in [0.15, 0.2) is 0 Å². The number of esters is 1. The molecule has 0 aliphatic heterocycles. The molecule has 0 N–H and O–H groups in total. The van der Waals surface area contributed by atoms with Crippen LogP contribution in [0, 0.1) is 6.92 Å². The summed E-state index contributed by atoms with van der Waals surface area (Å²) in [6.45, 7) is 2.11. The third-order valence-corrected chi connectivity index (χ3v) is 4.62. The Morgan fingerprint density at radius 3 is 2.71 bits per heavy atom. The predicted octanol–water partition coefficient (Wildman–Crippen LogP) is 2.91. The largest absolute Gasteiger partial charge is 0.465 e. The Kier molecular flexibility index (Phi) is 4.95. The van der Waals surface area contributed by atoms with Crippen LogP contribution in [0.1, 0.15) is 21.6 Å². The van der Waals surface area contributed by atoms with Gasteiger partial charge in [-0.1, -0.05) is 22.0 Å². The van der Waals surface area contributed by atoms with Gasteiger partial charge in [-0.15, -0.1) is 0 Å². The Bertz CT molecular complexity index is 756. The molecule has 0 aliphatic rings. The van der Waals surface area contributed by atoms with Crippen molar-refractivity contribution in [2.75, 3.05) is 7.11 Å². The maximum atomic E-state index is 12.1. The van der Waals surface area contributed by atoms with Gasteiger partial charge in [0, 0.05) is 4.47 Å². The van der Waals surface area contributed by atoms with E-state index in [1.165, 1.54) is 18.0 Å². The first kappa shape index (κ1) is 15.9. The Morgan fingerprint density at radius 2 is 2.10 bits per heavy atom. The molecule has 0 saturated heterocycles. The van der Waals surface area contributed by atoms with Crippen LogP contribution in [-0.4, -0.2) is 22.6 Å². The van der Waals surface area contributed by atoms with Crippen LogP contribution in [0.2, 0.25) is 0 Å². The molecular weight excluding hydrogens is 404 g/mol. The van der Waals surface area contributed by atoms with Crippen LogP contribution in [-0.2, 0) is 11.3 Å². The predicted molar refractivity (Wildman–Crippen MR) is 85.5 cm³/mol. The number of nitrogens with zero attached hydrogens (tertiary/aromatic N) is 2. The van der Waals surface area contributed by atoms with E-state index in [-0.39, 0.29) is 5.56 Å². The summed E-state index contributed by atoms with van der Waals surface area (Å²) < 4.78 is 7.34. The number of aryl methyl sites for hydroxylation is 1. The van der Waals surface area contributed by atoms with Crippen molar-refractivity contribution in [3.63, 3.8) is 0 Å². The van der Waals surface area contributed by atoms with Crippen LogP contribution < -0.4 is 5.56 Å². The summed E-state index contributed by atoms with van der Waals surface area (Å²) in [6.07, 6.45) is 1.50. The number of ether oxygens (including phenoxy) is 1. The SMILES string of the molecule is COC(=O)c1ccc(Cn2cnc(C)c(Br)c2=O)c(Br)c1. The molecule has 0 atom stereocenters. The van der Waals surface area contributed by atoms with E-state index < -0.39 is 5.97 Å². The van der Waals surface area contributed by atoms with E-state index in [9.17, 15) is 9.59 Å². The highest BCUT2D eigenvalue weighted by molar-refractivity contribution is 9.10. The maximum absolute atomic E-state index is 12.1. The topological polar surface area (TPSA) is 61.2 Å². The number of carbonyl (C=O) groups excluding carboxylic acids is 1. The van der Waals surface area contributed by atoms with E-state index in [1.54, 1.807) is 25.1 Å². The molecule has 2 aromatic rings. The lowest BCUT2D eigenvalue weighted by Crippen LogP contribution is -2.22. The van der Waals surface area contributed by atoms with E-state index in [0.29, 0.717) is 22.3 Å². The number of carbonyl (C=O) groups is 1. The van der Waals surface area contributed by atoms with Crippen LogP contribution in [0.5, 0.6) is 0 Å². The Labute approximate surface area is 138 Å². The van der Waals surface area contributed by atoms with Gasteiger partial charge in [-0.25, -0.2) is 9.78 Å². The second-order valence-corrected chi connectivity index (χ2v) is 6.02. The van der Waals surface area contributed by atoms with Crippen LogP contribution in [0.3, 0.4) is 0 Å². The monoisotopic (exact) mass is 414 g/mol. The van der Waals surface area contributed by atoms with Crippen molar-refractivity contribution in [1.29, 1.82) is 0 Å². The Hall–Kier alpha value is -1.47. The number of aromatic nitrogens is 2. The molecule has 0 radical (unpaired) electrons. The van der Waals surface area contributed by atoms with Crippen LogP contribution in [0.25, 0.3) is 0 Å². The van der Waals surface area contributed by atoms with E-state index in [1.807, 2.05) is 0 Å². The summed E-state index contributed by atoms with van der Waals surface area (Å²) in [7, 11) is 1.33. The number of rotatable bonds is 3. The normalized spacial score (nSPS) is 10.5. The third kappa shape index (κ3) is 3.41. The zero-order chi connectivity index (χ0) is 15.6. The highest BCUT2D eigenvalue weighted by Gasteiger charge is 2.11. The molecule has 7 heteroatoms. The van der Waals surface area contributed by atoms with Crippen molar-refractivity contribution in [1.82, 2.24) is 9.55 Å². The molecular formula is C14H12Br2N2O3. The first-order valence-electron chi connectivity index (χ1n) is 6.02. The van der Waals surface area contributed by atoms with Crippen molar-refractivity contribution in [2.45, 2.75) is 13.5 Å².